The summed E-state index contributed by atoms with van der Waals surface area (Å²) in [6.07, 6.45) is 2.60. The van der Waals surface area contributed by atoms with Crippen LogP contribution in [-0.2, 0) is 17.6 Å². The van der Waals surface area contributed by atoms with E-state index in [1.54, 1.807) is 24.3 Å². The number of benzene rings is 1. The predicted octanol–water partition coefficient (Wildman–Crippen LogP) is 5.34. The van der Waals surface area contributed by atoms with Crippen LogP contribution in [0.1, 0.15) is 58.3 Å². The number of anilines is 1. The van der Waals surface area contributed by atoms with E-state index in [1.165, 1.54) is 16.2 Å². The molecule has 3 rings (SSSR count). The highest BCUT2D eigenvalue weighted by Crippen LogP contribution is 2.40. The summed E-state index contributed by atoms with van der Waals surface area (Å²) in [7, 11) is 0. The second kappa shape index (κ2) is 7.80. The molecule has 1 aliphatic carbocycles. The molecular formula is C20H22ClNO3S. The van der Waals surface area contributed by atoms with Crippen LogP contribution in [0.25, 0.3) is 0 Å². The third kappa shape index (κ3) is 4.10. The van der Waals surface area contributed by atoms with Gasteiger partial charge in [-0.2, -0.15) is 0 Å². The third-order valence-electron chi connectivity index (χ3n) is 4.39. The Kier molecular flexibility index (Phi) is 5.68. The Labute approximate surface area is 162 Å². The van der Waals surface area contributed by atoms with Crippen molar-refractivity contribution in [3.63, 3.8) is 0 Å². The first-order chi connectivity index (χ1) is 12.3. The molecule has 1 aromatic heterocycles. The number of halogens is 1. The number of hydrogen-bond donors (Lipinski definition) is 1. The van der Waals surface area contributed by atoms with Crippen molar-refractivity contribution < 1.29 is 14.3 Å². The standard InChI is InChI=1S/C20H22ClNO3S/c1-11(2)25-20(24)17-15-9-4-12(3)10-16(15)26-19(17)22-18(23)13-5-7-14(21)8-6-13/h5-8,11-12H,4,9-10H2,1-3H3,(H,22,23). The van der Waals surface area contributed by atoms with Crippen LogP contribution in [0, 0.1) is 5.92 Å². The summed E-state index contributed by atoms with van der Waals surface area (Å²) >= 11 is 7.37. The Bertz CT molecular complexity index is 826. The minimum absolute atomic E-state index is 0.208. The molecule has 1 aromatic carbocycles. The molecule has 0 saturated carbocycles. The number of hydrogen-bond acceptors (Lipinski definition) is 4. The van der Waals surface area contributed by atoms with E-state index in [2.05, 4.69) is 12.2 Å². The van der Waals surface area contributed by atoms with E-state index in [1.807, 2.05) is 13.8 Å². The molecule has 1 atom stereocenters. The van der Waals surface area contributed by atoms with Gasteiger partial charge < -0.3 is 10.1 Å². The average Bonchev–Trinajstić information content (AvgIpc) is 2.91. The molecule has 0 radical (unpaired) electrons. The zero-order valence-corrected chi connectivity index (χ0v) is 16.7. The van der Waals surface area contributed by atoms with Crippen molar-refractivity contribution >= 4 is 39.8 Å². The fourth-order valence-electron chi connectivity index (χ4n) is 3.10. The SMILES string of the molecule is CC1CCc2c(sc(NC(=O)c3ccc(Cl)cc3)c2C(=O)OC(C)C)C1. The molecule has 0 fully saturated rings. The number of amides is 1. The topological polar surface area (TPSA) is 55.4 Å². The van der Waals surface area contributed by atoms with Crippen LogP contribution in [0.3, 0.4) is 0 Å². The van der Waals surface area contributed by atoms with Crippen LogP contribution >= 0.6 is 22.9 Å². The van der Waals surface area contributed by atoms with Crippen molar-refractivity contribution in [2.45, 2.75) is 46.1 Å². The molecule has 1 amide bonds. The summed E-state index contributed by atoms with van der Waals surface area (Å²) in [6.45, 7) is 5.86. The largest absolute Gasteiger partial charge is 0.459 e. The van der Waals surface area contributed by atoms with Gasteiger partial charge in [0.25, 0.3) is 5.91 Å². The zero-order valence-electron chi connectivity index (χ0n) is 15.1. The molecule has 138 valence electrons. The molecule has 1 heterocycles. The number of rotatable bonds is 4. The van der Waals surface area contributed by atoms with Crippen molar-refractivity contribution in [1.29, 1.82) is 0 Å². The normalized spacial score (nSPS) is 16.3. The van der Waals surface area contributed by atoms with Gasteiger partial charge >= 0.3 is 5.97 Å². The molecule has 0 saturated heterocycles. The fourth-order valence-corrected chi connectivity index (χ4v) is 4.62. The van der Waals surface area contributed by atoms with Crippen molar-refractivity contribution in [2.24, 2.45) is 5.92 Å². The monoisotopic (exact) mass is 391 g/mol. The Balaban J connectivity index is 1.93. The molecule has 0 spiro atoms. The smallest absolute Gasteiger partial charge is 0.341 e. The van der Waals surface area contributed by atoms with Crippen LogP contribution < -0.4 is 5.32 Å². The lowest BCUT2D eigenvalue weighted by molar-refractivity contribution is 0.0378. The minimum Gasteiger partial charge on any atom is -0.459 e. The van der Waals surface area contributed by atoms with Gasteiger partial charge in [-0.15, -0.1) is 11.3 Å². The van der Waals surface area contributed by atoms with Crippen molar-refractivity contribution in [3.8, 4) is 0 Å². The maximum Gasteiger partial charge on any atom is 0.341 e. The molecule has 1 aliphatic rings. The van der Waals surface area contributed by atoms with Gasteiger partial charge in [0, 0.05) is 15.5 Å². The lowest BCUT2D eigenvalue weighted by Crippen LogP contribution is -2.18. The lowest BCUT2D eigenvalue weighted by Gasteiger charge is -2.18. The van der Waals surface area contributed by atoms with Crippen LogP contribution in [-0.4, -0.2) is 18.0 Å². The van der Waals surface area contributed by atoms with E-state index >= 15 is 0 Å². The lowest BCUT2D eigenvalue weighted by atomic mass is 9.88. The van der Waals surface area contributed by atoms with Gasteiger partial charge in [-0.1, -0.05) is 18.5 Å². The van der Waals surface area contributed by atoms with Gasteiger partial charge in [0.1, 0.15) is 5.00 Å². The van der Waals surface area contributed by atoms with E-state index in [-0.39, 0.29) is 18.0 Å². The van der Waals surface area contributed by atoms with E-state index in [9.17, 15) is 9.59 Å². The summed E-state index contributed by atoms with van der Waals surface area (Å²) < 4.78 is 5.43. The van der Waals surface area contributed by atoms with Crippen molar-refractivity contribution in [2.75, 3.05) is 5.32 Å². The first-order valence-electron chi connectivity index (χ1n) is 8.77. The quantitative estimate of drug-likeness (QED) is 0.715. The summed E-state index contributed by atoms with van der Waals surface area (Å²) in [4.78, 5) is 26.4. The number of esters is 1. The number of ether oxygens (including phenoxy) is 1. The van der Waals surface area contributed by atoms with Crippen LogP contribution in [0.4, 0.5) is 5.00 Å². The summed E-state index contributed by atoms with van der Waals surface area (Å²) in [5, 5.41) is 4.06. The second-order valence-electron chi connectivity index (χ2n) is 6.97. The maximum absolute atomic E-state index is 12.7. The van der Waals surface area contributed by atoms with E-state index < -0.39 is 0 Å². The maximum atomic E-state index is 12.7. The number of fused-ring (bicyclic) bond motifs is 1. The number of carbonyl (C=O) groups excluding carboxylic acids is 2. The van der Waals surface area contributed by atoms with Crippen LogP contribution in [0.2, 0.25) is 5.02 Å². The summed E-state index contributed by atoms with van der Waals surface area (Å²) in [6, 6.07) is 6.68. The Morgan fingerprint density at radius 3 is 2.62 bits per heavy atom. The van der Waals surface area contributed by atoms with E-state index in [0.29, 0.717) is 27.1 Å². The van der Waals surface area contributed by atoms with Gasteiger partial charge in [0.05, 0.1) is 11.7 Å². The number of nitrogens with one attached hydrogen (secondary N) is 1. The second-order valence-corrected chi connectivity index (χ2v) is 8.51. The molecule has 4 nitrogen and oxygen atoms in total. The Hall–Kier alpha value is -1.85. The molecule has 26 heavy (non-hydrogen) atoms. The summed E-state index contributed by atoms with van der Waals surface area (Å²) in [5.74, 6) is -0.0414. The van der Waals surface area contributed by atoms with Crippen LogP contribution in [0.15, 0.2) is 24.3 Å². The van der Waals surface area contributed by atoms with Crippen LogP contribution in [0.5, 0.6) is 0 Å². The molecule has 0 aliphatic heterocycles. The van der Waals surface area contributed by atoms with Crippen molar-refractivity contribution in [3.05, 3.63) is 50.9 Å². The first kappa shape index (κ1) is 18.9. The molecule has 1 N–H and O–H groups in total. The highest BCUT2D eigenvalue weighted by Gasteiger charge is 2.29. The Morgan fingerprint density at radius 1 is 1.27 bits per heavy atom. The predicted molar refractivity (Wildman–Crippen MR) is 105 cm³/mol. The van der Waals surface area contributed by atoms with E-state index in [4.69, 9.17) is 16.3 Å². The highest BCUT2D eigenvalue weighted by molar-refractivity contribution is 7.17. The first-order valence-corrected chi connectivity index (χ1v) is 9.97. The number of carbonyl (C=O) groups is 2. The highest BCUT2D eigenvalue weighted by atomic mass is 35.5. The summed E-state index contributed by atoms with van der Waals surface area (Å²) in [5.41, 5.74) is 2.05. The third-order valence-corrected chi connectivity index (χ3v) is 5.81. The zero-order chi connectivity index (χ0) is 18.8. The van der Waals surface area contributed by atoms with Gasteiger partial charge in [-0.05, 0) is 68.9 Å². The molecule has 2 aromatic rings. The van der Waals surface area contributed by atoms with Gasteiger partial charge in [0.2, 0.25) is 0 Å². The minimum atomic E-state index is -0.363. The van der Waals surface area contributed by atoms with Gasteiger partial charge in [-0.25, -0.2) is 4.79 Å². The fraction of sp³-hybridized carbons (Fsp3) is 0.400. The Morgan fingerprint density at radius 2 is 1.96 bits per heavy atom. The van der Waals surface area contributed by atoms with E-state index in [0.717, 1.165) is 24.8 Å². The number of thiophene rings is 1. The van der Waals surface area contributed by atoms with Crippen molar-refractivity contribution in [1.82, 2.24) is 0 Å². The van der Waals surface area contributed by atoms with Gasteiger partial charge in [-0.3, -0.25) is 4.79 Å². The van der Waals surface area contributed by atoms with Gasteiger partial charge in [0.15, 0.2) is 0 Å². The molecular weight excluding hydrogens is 370 g/mol. The molecule has 1 unspecified atom stereocenters. The molecule has 0 bridgehead atoms. The molecule has 6 heteroatoms. The average molecular weight is 392 g/mol.